The van der Waals surface area contributed by atoms with E-state index in [-0.39, 0.29) is 23.7 Å². The van der Waals surface area contributed by atoms with Crippen molar-refractivity contribution in [3.8, 4) is 5.75 Å². The van der Waals surface area contributed by atoms with Crippen LogP contribution < -0.4 is 10.1 Å². The molecule has 3 N–H and O–H groups in total. The molecule has 8 nitrogen and oxygen atoms in total. The molecule has 35 heavy (non-hydrogen) atoms. The number of carboxylic acid groups (broad SMARTS) is 1. The molecular weight excluding hydrogens is 453 g/mol. The molecule has 2 heterocycles. The lowest BCUT2D eigenvalue weighted by Crippen LogP contribution is -2.36. The van der Waals surface area contributed by atoms with Crippen molar-refractivity contribution in [3.63, 3.8) is 0 Å². The maximum Gasteiger partial charge on any atom is 0.412 e. The van der Waals surface area contributed by atoms with Gasteiger partial charge in [0.2, 0.25) is 0 Å². The molecule has 0 bridgehead atoms. The zero-order chi connectivity index (χ0) is 25.5. The Morgan fingerprint density at radius 3 is 2.46 bits per heavy atom. The molecule has 1 aromatic heterocycles. The van der Waals surface area contributed by atoms with Gasteiger partial charge in [0.05, 0.1) is 11.3 Å². The van der Waals surface area contributed by atoms with Crippen LogP contribution >= 0.6 is 0 Å². The first-order valence-corrected chi connectivity index (χ1v) is 11.1. The SMILES string of the molecule is CC(C)NC(=O)Oc1ccc2c3c([nH]c2c1)C(C(=O)O)=CN(C(=O)c1ccc(F)cc1)CC3(C)C. The first-order chi connectivity index (χ1) is 16.5. The van der Waals surface area contributed by atoms with Crippen LogP contribution in [0.5, 0.6) is 5.75 Å². The minimum absolute atomic E-state index is 0.0857. The molecule has 4 rings (SSSR count). The molecule has 1 aliphatic heterocycles. The molecule has 0 unspecified atom stereocenters. The number of hydrogen-bond acceptors (Lipinski definition) is 4. The van der Waals surface area contributed by atoms with E-state index < -0.39 is 29.2 Å². The maximum atomic E-state index is 13.3. The Morgan fingerprint density at radius 1 is 1.14 bits per heavy atom. The van der Waals surface area contributed by atoms with Crippen LogP contribution in [0.3, 0.4) is 0 Å². The number of aromatic nitrogens is 1. The van der Waals surface area contributed by atoms with Gasteiger partial charge in [0.15, 0.2) is 0 Å². The van der Waals surface area contributed by atoms with Crippen molar-refractivity contribution in [1.29, 1.82) is 0 Å². The molecule has 2 amide bonds. The van der Waals surface area contributed by atoms with Crippen molar-refractivity contribution in [3.05, 3.63) is 71.3 Å². The summed E-state index contributed by atoms with van der Waals surface area (Å²) in [7, 11) is 0. The number of ether oxygens (including phenoxy) is 1. The van der Waals surface area contributed by atoms with Crippen molar-refractivity contribution < 1.29 is 28.6 Å². The highest BCUT2D eigenvalue weighted by Gasteiger charge is 2.37. The second-order valence-corrected chi connectivity index (χ2v) is 9.44. The van der Waals surface area contributed by atoms with E-state index in [1.807, 2.05) is 27.7 Å². The number of halogens is 1. The number of aliphatic carboxylic acids is 1. The number of aromatic amines is 1. The molecule has 0 saturated carbocycles. The Labute approximate surface area is 201 Å². The lowest BCUT2D eigenvalue weighted by Gasteiger charge is -2.29. The minimum atomic E-state index is -1.21. The zero-order valence-electron chi connectivity index (χ0n) is 19.8. The third-order valence-electron chi connectivity index (χ3n) is 5.77. The summed E-state index contributed by atoms with van der Waals surface area (Å²) in [5, 5.41) is 13.4. The van der Waals surface area contributed by atoms with Crippen molar-refractivity contribution in [2.75, 3.05) is 6.54 Å². The summed E-state index contributed by atoms with van der Waals surface area (Å²) in [5.41, 5.74) is 1.21. The monoisotopic (exact) mass is 479 g/mol. The highest BCUT2D eigenvalue weighted by molar-refractivity contribution is 6.17. The standard InChI is InChI=1S/C26H26FN3O5/c1-14(2)28-25(34)35-17-9-10-18-20(11-17)29-22-19(24(32)33)12-30(13-26(3,4)21(18)22)23(31)15-5-7-16(27)8-6-15/h5-12,14,29H,13H2,1-4H3,(H,28,34)(H,32,33). The van der Waals surface area contributed by atoms with Gasteiger partial charge in [-0.2, -0.15) is 0 Å². The molecule has 3 aromatic rings. The smallest absolute Gasteiger partial charge is 0.412 e. The molecule has 0 aliphatic carbocycles. The number of nitrogens with zero attached hydrogens (tertiary/aromatic N) is 1. The molecule has 182 valence electrons. The molecule has 0 saturated heterocycles. The van der Waals surface area contributed by atoms with E-state index in [2.05, 4.69) is 10.3 Å². The predicted molar refractivity (Wildman–Crippen MR) is 129 cm³/mol. The van der Waals surface area contributed by atoms with Gasteiger partial charge in [-0.15, -0.1) is 0 Å². The number of carbonyl (C=O) groups excluding carboxylic acids is 2. The van der Waals surface area contributed by atoms with Gasteiger partial charge in [-0.1, -0.05) is 13.8 Å². The highest BCUT2D eigenvalue weighted by atomic mass is 19.1. The highest BCUT2D eigenvalue weighted by Crippen LogP contribution is 2.41. The van der Waals surface area contributed by atoms with Crippen LogP contribution in [0.1, 0.15) is 49.3 Å². The zero-order valence-corrected chi connectivity index (χ0v) is 19.8. The normalized spacial score (nSPS) is 14.8. The lowest BCUT2D eigenvalue weighted by atomic mass is 9.81. The molecule has 0 atom stereocenters. The van der Waals surface area contributed by atoms with Gasteiger partial charge >= 0.3 is 12.1 Å². The largest absolute Gasteiger partial charge is 0.478 e. The molecule has 0 spiro atoms. The van der Waals surface area contributed by atoms with E-state index in [9.17, 15) is 23.9 Å². The summed E-state index contributed by atoms with van der Waals surface area (Å²) in [5.74, 6) is -1.80. The van der Waals surface area contributed by atoms with Crippen molar-refractivity contribution in [1.82, 2.24) is 15.2 Å². The Hall–Kier alpha value is -4.14. The van der Waals surface area contributed by atoms with Crippen LogP contribution in [-0.2, 0) is 10.2 Å². The number of nitrogens with one attached hydrogen (secondary N) is 2. The maximum absolute atomic E-state index is 13.3. The Kier molecular flexibility index (Phi) is 6.10. The van der Waals surface area contributed by atoms with Gasteiger partial charge in [0.1, 0.15) is 11.6 Å². The molecule has 0 fully saturated rings. The fourth-order valence-electron chi connectivity index (χ4n) is 4.34. The van der Waals surface area contributed by atoms with E-state index >= 15 is 0 Å². The van der Waals surface area contributed by atoms with Crippen LogP contribution in [0.25, 0.3) is 16.5 Å². The van der Waals surface area contributed by atoms with E-state index in [1.165, 1.54) is 35.4 Å². The van der Waals surface area contributed by atoms with E-state index in [0.717, 1.165) is 10.9 Å². The number of fused-ring (bicyclic) bond motifs is 3. The summed E-state index contributed by atoms with van der Waals surface area (Å²) in [6.45, 7) is 7.66. The topological polar surface area (TPSA) is 112 Å². The molecule has 1 aliphatic rings. The van der Waals surface area contributed by atoms with Crippen LogP contribution in [0.2, 0.25) is 0 Å². The summed E-state index contributed by atoms with van der Waals surface area (Å²) >= 11 is 0. The van der Waals surface area contributed by atoms with Crippen molar-refractivity contribution in [2.24, 2.45) is 0 Å². The Morgan fingerprint density at radius 2 is 1.83 bits per heavy atom. The van der Waals surface area contributed by atoms with Gasteiger partial charge in [0, 0.05) is 46.7 Å². The quantitative estimate of drug-likeness (QED) is 0.504. The third kappa shape index (κ3) is 4.75. The average Bonchev–Trinajstić information content (AvgIpc) is 3.09. The number of rotatable bonds is 4. The predicted octanol–water partition coefficient (Wildman–Crippen LogP) is 4.66. The fourth-order valence-corrected chi connectivity index (χ4v) is 4.34. The van der Waals surface area contributed by atoms with E-state index in [4.69, 9.17) is 4.74 Å². The number of H-pyrrole nitrogens is 1. The second kappa shape index (κ2) is 8.90. The summed E-state index contributed by atoms with van der Waals surface area (Å²) in [4.78, 5) is 41.9. The number of benzene rings is 2. The summed E-state index contributed by atoms with van der Waals surface area (Å²) < 4.78 is 18.7. The van der Waals surface area contributed by atoms with Crippen LogP contribution in [-0.4, -0.2) is 45.5 Å². The number of carbonyl (C=O) groups is 3. The summed E-state index contributed by atoms with van der Waals surface area (Å²) in [6.07, 6.45) is 0.721. The molecule has 9 heteroatoms. The van der Waals surface area contributed by atoms with Crippen molar-refractivity contribution >= 4 is 34.4 Å². The number of hydrogen-bond donors (Lipinski definition) is 3. The van der Waals surface area contributed by atoms with Gasteiger partial charge in [0.25, 0.3) is 5.91 Å². The number of amides is 2. The van der Waals surface area contributed by atoms with Gasteiger partial charge < -0.3 is 25.0 Å². The number of carboxylic acids is 1. The Balaban J connectivity index is 1.78. The van der Waals surface area contributed by atoms with Gasteiger partial charge in [-0.25, -0.2) is 14.0 Å². The van der Waals surface area contributed by atoms with E-state index in [0.29, 0.717) is 17.0 Å². The average molecular weight is 480 g/mol. The van der Waals surface area contributed by atoms with Crippen LogP contribution in [0, 0.1) is 5.82 Å². The van der Waals surface area contributed by atoms with Crippen LogP contribution in [0.15, 0.2) is 48.7 Å². The van der Waals surface area contributed by atoms with Crippen molar-refractivity contribution in [2.45, 2.75) is 39.2 Å². The first-order valence-electron chi connectivity index (χ1n) is 11.1. The third-order valence-corrected chi connectivity index (χ3v) is 5.77. The fraction of sp³-hybridized carbons (Fsp3) is 0.269. The first kappa shape index (κ1) is 24.0. The van der Waals surface area contributed by atoms with E-state index in [1.54, 1.807) is 18.2 Å². The summed E-state index contributed by atoms with van der Waals surface area (Å²) in [6, 6.07) is 10.1. The Bertz CT molecular complexity index is 1360. The van der Waals surface area contributed by atoms with Gasteiger partial charge in [-0.05, 0) is 55.8 Å². The molecule has 2 aromatic carbocycles. The second-order valence-electron chi connectivity index (χ2n) is 9.44. The lowest BCUT2D eigenvalue weighted by molar-refractivity contribution is -0.130. The molecular formula is C26H26FN3O5. The van der Waals surface area contributed by atoms with Gasteiger partial charge in [-0.3, -0.25) is 4.79 Å². The minimum Gasteiger partial charge on any atom is -0.478 e. The molecule has 0 radical (unpaired) electrons. The van der Waals surface area contributed by atoms with Crippen LogP contribution in [0.4, 0.5) is 9.18 Å².